The summed E-state index contributed by atoms with van der Waals surface area (Å²) in [5.41, 5.74) is 1.95. The van der Waals surface area contributed by atoms with Gasteiger partial charge in [0.25, 0.3) is 5.91 Å². The van der Waals surface area contributed by atoms with Crippen LogP contribution in [0.5, 0.6) is 0 Å². The van der Waals surface area contributed by atoms with E-state index in [-0.39, 0.29) is 5.70 Å². The fraction of sp³-hybridized carbons (Fsp3) is 0.0588. The van der Waals surface area contributed by atoms with Gasteiger partial charge in [-0.3, -0.25) is 4.79 Å². The van der Waals surface area contributed by atoms with Crippen molar-refractivity contribution in [2.24, 2.45) is 0 Å². The van der Waals surface area contributed by atoms with Crippen molar-refractivity contribution in [2.75, 3.05) is 0 Å². The van der Waals surface area contributed by atoms with E-state index in [2.05, 4.69) is 5.32 Å². The van der Waals surface area contributed by atoms with Crippen molar-refractivity contribution in [3.63, 3.8) is 0 Å². The van der Waals surface area contributed by atoms with Gasteiger partial charge in [0, 0.05) is 5.56 Å². The number of carbonyl (C=O) groups is 2. The van der Waals surface area contributed by atoms with Crippen LogP contribution in [0.15, 0.2) is 60.3 Å². The molecule has 2 rings (SSSR count). The zero-order chi connectivity index (χ0) is 15.2. The zero-order valence-corrected chi connectivity index (χ0v) is 11.5. The van der Waals surface area contributed by atoms with Gasteiger partial charge in [-0.1, -0.05) is 42.5 Å². The first-order valence-electron chi connectivity index (χ1n) is 6.45. The number of hydrogen-bond donors (Lipinski definition) is 2. The molecule has 1 amide bonds. The standard InChI is InChI=1S/C17H15NO3/c1-12-7-5-6-10-14(12)11-15(17(20)21)18-16(19)13-8-3-2-4-9-13/h2-11H,1H3,(H,18,19)(H,20,21)/b15-11-. The molecule has 0 saturated heterocycles. The van der Waals surface area contributed by atoms with Crippen molar-refractivity contribution >= 4 is 18.0 Å². The summed E-state index contributed by atoms with van der Waals surface area (Å²) < 4.78 is 0. The highest BCUT2D eigenvalue weighted by Crippen LogP contribution is 2.11. The van der Waals surface area contributed by atoms with Crippen LogP contribution in [0.25, 0.3) is 6.08 Å². The molecule has 0 aromatic heterocycles. The van der Waals surface area contributed by atoms with Crippen LogP contribution in [0, 0.1) is 6.92 Å². The third-order valence-electron chi connectivity index (χ3n) is 3.00. The largest absolute Gasteiger partial charge is 0.477 e. The predicted molar refractivity (Wildman–Crippen MR) is 80.7 cm³/mol. The molecule has 0 fully saturated rings. The Kier molecular flexibility index (Phi) is 4.51. The van der Waals surface area contributed by atoms with Crippen molar-refractivity contribution in [3.8, 4) is 0 Å². The van der Waals surface area contributed by atoms with Gasteiger partial charge in [-0.2, -0.15) is 0 Å². The predicted octanol–water partition coefficient (Wildman–Crippen LogP) is 2.85. The van der Waals surface area contributed by atoms with Crippen LogP contribution >= 0.6 is 0 Å². The molecule has 106 valence electrons. The highest BCUT2D eigenvalue weighted by Gasteiger charge is 2.13. The number of aryl methyl sites for hydroxylation is 1. The Bertz CT molecular complexity index is 690. The smallest absolute Gasteiger partial charge is 0.352 e. The molecular weight excluding hydrogens is 266 g/mol. The molecule has 0 radical (unpaired) electrons. The lowest BCUT2D eigenvalue weighted by Gasteiger charge is -2.07. The Morgan fingerprint density at radius 3 is 2.24 bits per heavy atom. The van der Waals surface area contributed by atoms with Crippen LogP contribution < -0.4 is 5.32 Å². The highest BCUT2D eigenvalue weighted by molar-refractivity contribution is 6.02. The fourth-order valence-electron chi connectivity index (χ4n) is 1.84. The number of carbonyl (C=O) groups excluding carboxylic acids is 1. The minimum Gasteiger partial charge on any atom is -0.477 e. The number of aliphatic carboxylic acids is 1. The van der Waals surface area contributed by atoms with Crippen molar-refractivity contribution in [1.82, 2.24) is 5.32 Å². The summed E-state index contributed by atoms with van der Waals surface area (Å²) in [5.74, 6) is -1.62. The molecule has 2 aromatic carbocycles. The number of nitrogens with one attached hydrogen (secondary N) is 1. The van der Waals surface area contributed by atoms with Crippen LogP contribution in [0.3, 0.4) is 0 Å². The number of hydrogen-bond acceptors (Lipinski definition) is 2. The molecule has 0 spiro atoms. The first-order chi connectivity index (χ1) is 10.1. The molecule has 2 aromatic rings. The summed E-state index contributed by atoms with van der Waals surface area (Å²) >= 11 is 0. The molecule has 0 aliphatic carbocycles. The van der Waals surface area contributed by atoms with E-state index in [0.717, 1.165) is 11.1 Å². The summed E-state index contributed by atoms with van der Waals surface area (Å²) in [6.07, 6.45) is 1.46. The van der Waals surface area contributed by atoms with Crippen LogP contribution in [0.1, 0.15) is 21.5 Å². The maximum Gasteiger partial charge on any atom is 0.352 e. The second kappa shape index (κ2) is 6.52. The van der Waals surface area contributed by atoms with Gasteiger partial charge < -0.3 is 10.4 Å². The summed E-state index contributed by atoms with van der Waals surface area (Å²) in [4.78, 5) is 23.3. The monoisotopic (exact) mass is 281 g/mol. The van der Waals surface area contributed by atoms with E-state index in [1.165, 1.54) is 6.08 Å². The van der Waals surface area contributed by atoms with Crippen LogP contribution in [-0.4, -0.2) is 17.0 Å². The lowest BCUT2D eigenvalue weighted by Crippen LogP contribution is -2.27. The van der Waals surface area contributed by atoms with E-state index in [0.29, 0.717) is 5.56 Å². The molecule has 0 bridgehead atoms. The molecule has 4 heteroatoms. The third-order valence-corrected chi connectivity index (χ3v) is 3.00. The molecule has 0 unspecified atom stereocenters. The maximum absolute atomic E-state index is 12.0. The molecular formula is C17H15NO3. The molecule has 4 nitrogen and oxygen atoms in total. The van der Waals surface area contributed by atoms with E-state index in [9.17, 15) is 14.7 Å². The van der Waals surface area contributed by atoms with Crippen molar-refractivity contribution in [2.45, 2.75) is 6.92 Å². The second-order valence-corrected chi connectivity index (χ2v) is 4.54. The Balaban J connectivity index is 2.27. The number of carboxylic acids is 1. The van der Waals surface area contributed by atoms with Gasteiger partial charge in [-0.25, -0.2) is 4.79 Å². The quantitative estimate of drug-likeness (QED) is 0.847. The minimum absolute atomic E-state index is 0.154. The van der Waals surface area contributed by atoms with Gasteiger partial charge in [0.15, 0.2) is 0 Å². The van der Waals surface area contributed by atoms with Gasteiger partial charge in [-0.15, -0.1) is 0 Å². The normalized spacial score (nSPS) is 11.0. The van der Waals surface area contributed by atoms with Gasteiger partial charge in [0.05, 0.1) is 0 Å². The van der Waals surface area contributed by atoms with Crippen molar-refractivity contribution in [1.29, 1.82) is 0 Å². The zero-order valence-electron chi connectivity index (χ0n) is 11.5. The number of rotatable bonds is 4. The topological polar surface area (TPSA) is 66.4 Å². The van der Waals surface area contributed by atoms with Crippen LogP contribution in [-0.2, 0) is 4.79 Å². The number of amides is 1. The van der Waals surface area contributed by atoms with Gasteiger partial charge >= 0.3 is 5.97 Å². The van der Waals surface area contributed by atoms with Gasteiger partial charge in [0.2, 0.25) is 0 Å². The molecule has 0 aliphatic heterocycles. The van der Waals surface area contributed by atoms with Crippen LogP contribution in [0.2, 0.25) is 0 Å². The third kappa shape index (κ3) is 3.79. The maximum atomic E-state index is 12.0. The first-order valence-corrected chi connectivity index (χ1v) is 6.45. The SMILES string of the molecule is Cc1ccccc1/C=C(\NC(=O)c1ccccc1)C(=O)O. The van der Waals surface area contributed by atoms with E-state index in [1.807, 2.05) is 25.1 Å². The molecule has 0 atom stereocenters. The van der Waals surface area contributed by atoms with Gasteiger partial charge in [0.1, 0.15) is 5.70 Å². The number of carboxylic acid groups (broad SMARTS) is 1. The molecule has 0 saturated carbocycles. The Labute approximate surface area is 122 Å². The lowest BCUT2D eigenvalue weighted by molar-refractivity contribution is -0.132. The average molecular weight is 281 g/mol. The average Bonchev–Trinajstić information content (AvgIpc) is 2.49. The highest BCUT2D eigenvalue weighted by atomic mass is 16.4. The summed E-state index contributed by atoms with van der Waals surface area (Å²) in [6.45, 7) is 1.88. The lowest BCUT2D eigenvalue weighted by atomic mass is 10.1. The fourth-order valence-corrected chi connectivity index (χ4v) is 1.84. The molecule has 0 heterocycles. The Hall–Kier alpha value is -2.88. The van der Waals surface area contributed by atoms with E-state index >= 15 is 0 Å². The molecule has 21 heavy (non-hydrogen) atoms. The van der Waals surface area contributed by atoms with Crippen LogP contribution in [0.4, 0.5) is 0 Å². The Morgan fingerprint density at radius 2 is 1.62 bits per heavy atom. The van der Waals surface area contributed by atoms with E-state index in [4.69, 9.17) is 0 Å². The first kappa shape index (κ1) is 14.5. The van der Waals surface area contributed by atoms with E-state index < -0.39 is 11.9 Å². The van der Waals surface area contributed by atoms with Gasteiger partial charge in [-0.05, 0) is 36.3 Å². The summed E-state index contributed by atoms with van der Waals surface area (Å²) in [5, 5.41) is 11.7. The van der Waals surface area contributed by atoms with Crippen molar-refractivity contribution in [3.05, 3.63) is 77.0 Å². The number of benzene rings is 2. The van der Waals surface area contributed by atoms with E-state index in [1.54, 1.807) is 36.4 Å². The molecule has 0 aliphatic rings. The summed E-state index contributed by atoms with van der Waals surface area (Å²) in [6, 6.07) is 15.9. The summed E-state index contributed by atoms with van der Waals surface area (Å²) in [7, 11) is 0. The van der Waals surface area contributed by atoms with Crippen molar-refractivity contribution < 1.29 is 14.7 Å². The second-order valence-electron chi connectivity index (χ2n) is 4.54. The minimum atomic E-state index is -1.18. The molecule has 2 N–H and O–H groups in total. The Morgan fingerprint density at radius 1 is 1.00 bits per heavy atom.